The van der Waals surface area contributed by atoms with Crippen molar-refractivity contribution in [2.24, 2.45) is 0 Å². The summed E-state index contributed by atoms with van der Waals surface area (Å²) < 4.78 is 12.0. The summed E-state index contributed by atoms with van der Waals surface area (Å²) in [7, 11) is 0. The van der Waals surface area contributed by atoms with Crippen LogP contribution in [-0.2, 0) is 16.2 Å². The Hall–Kier alpha value is -4.88. The molecule has 0 aliphatic carbocycles. The number of ketones is 1. The van der Waals surface area contributed by atoms with E-state index in [9.17, 15) is 14.7 Å². The van der Waals surface area contributed by atoms with E-state index >= 15 is 0 Å². The highest BCUT2D eigenvalue weighted by molar-refractivity contribution is 6.46. The lowest BCUT2D eigenvalue weighted by Crippen LogP contribution is -2.38. The van der Waals surface area contributed by atoms with Crippen LogP contribution in [0.5, 0.6) is 17.2 Å². The van der Waals surface area contributed by atoms with Gasteiger partial charge in [0.2, 0.25) is 0 Å². The van der Waals surface area contributed by atoms with E-state index in [1.165, 1.54) is 0 Å². The molecule has 0 spiro atoms. The molecule has 0 aromatic heterocycles. The molecule has 1 aliphatic rings. The van der Waals surface area contributed by atoms with Gasteiger partial charge in [-0.3, -0.25) is 9.59 Å². The number of amides is 1. The third-order valence-corrected chi connectivity index (χ3v) is 7.95. The van der Waals surface area contributed by atoms with E-state index in [2.05, 4.69) is 18.7 Å². The average molecular weight is 591 g/mol. The van der Waals surface area contributed by atoms with Gasteiger partial charge in [0, 0.05) is 18.7 Å². The Bertz CT molecular complexity index is 1630. The number of likely N-dealkylation sites (N-methyl/N-ethyl adjacent to an activating group) is 1. The zero-order valence-corrected chi connectivity index (χ0v) is 25.4. The molecule has 4 aromatic rings. The van der Waals surface area contributed by atoms with Crippen molar-refractivity contribution in [2.75, 3.05) is 26.2 Å². The number of ether oxygens (including phenoxy) is 2. The summed E-state index contributed by atoms with van der Waals surface area (Å²) in [6.07, 6.45) is 0. The number of nitrogens with zero attached hydrogens (tertiary/aromatic N) is 2. The predicted molar refractivity (Wildman–Crippen MR) is 172 cm³/mol. The van der Waals surface area contributed by atoms with Gasteiger partial charge in [-0.25, -0.2) is 0 Å². The molecule has 1 amide bonds. The first-order valence-electron chi connectivity index (χ1n) is 15.0. The summed E-state index contributed by atoms with van der Waals surface area (Å²) in [6, 6.07) is 31.2. The van der Waals surface area contributed by atoms with Gasteiger partial charge in [0.15, 0.2) is 0 Å². The second-order valence-corrected chi connectivity index (χ2v) is 10.8. The molecular formula is C37H38N2O5. The van der Waals surface area contributed by atoms with E-state index in [-0.39, 0.29) is 11.3 Å². The van der Waals surface area contributed by atoms with Gasteiger partial charge < -0.3 is 24.4 Å². The van der Waals surface area contributed by atoms with E-state index in [1.54, 1.807) is 17.0 Å². The average Bonchev–Trinajstić information content (AvgIpc) is 3.30. The van der Waals surface area contributed by atoms with Crippen molar-refractivity contribution < 1.29 is 24.2 Å². The van der Waals surface area contributed by atoms with Gasteiger partial charge in [0.05, 0.1) is 11.6 Å². The molecule has 7 heteroatoms. The maximum absolute atomic E-state index is 13.6. The van der Waals surface area contributed by atoms with Crippen molar-refractivity contribution in [1.82, 2.24) is 9.80 Å². The molecule has 0 radical (unpaired) electrons. The SMILES string of the molecule is CCN(CC)CCN1C(=O)C(=O)/C(=C(/O)c2ccc(OCc3ccccc3)cc2C)[C@H]1c1cccc(Oc2ccccc2)c1. The minimum Gasteiger partial charge on any atom is -0.507 e. The number of hydrogen-bond donors (Lipinski definition) is 1. The molecule has 44 heavy (non-hydrogen) atoms. The lowest BCUT2D eigenvalue weighted by atomic mass is 9.93. The fraction of sp³-hybridized carbons (Fsp3) is 0.243. The number of hydrogen-bond acceptors (Lipinski definition) is 6. The number of aryl methyl sites for hydroxylation is 1. The Morgan fingerprint density at radius 1 is 0.818 bits per heavy atom. The van der Waals surface area contributed by atoms with Crippen molar-refractivity contribution in [2.45, 2.75) is 33.4 Å². The number of benzene rings is 4. The van der Waals surface area contributed by atoms with Crippen LogP contribution in [0.25, 0.3) is 5.76 Å². The number of carbonyl (C=O) groups excluding carboxylic acids is 2. The molecule has 1 aliphatic heterocycles. The summed E-state index contributed by atoms with van der Waals surface area (Å²) in [5.41, 5.74) is 2.98. The highest BCUT2D eigenvalue weighted by Gasteiger charge is 2.46. The highest BCUT2D eigenvalue weighted by atomic mass is 16.5. The Morgan fingerprint density at radius 3 is 2.18 bits per heavy atom. The fourth-order valence-electron chi connectivity index (χ4n) is 5.50. The Morgan fingerprint density at radius 2 is 1.50 bits per heavy atom. The number of para-hydroxylation sites is 1. The van der Waals surface area contributed by atoms with Gasteiger partial charge in [-0.05, 0) is 79.2 Å². The molecule has 0 saturated carbocycles. The Kier molecular flexibility index (Phi) is 9.77. The van der Waals surface area contributed by atoms with Gasteiger partial charge in [0.25, 0.3) is 11.7 Å². The molecular weight excluding hydrogens is 552 g/mol. The van der Waals surface area contributed by atoms with Crippen LogP contribution in [0.3, 0.4) is 0 Å². The van der Waals surface area contributed by atoms with Crippen LogP contribution >= 0.6 is 0 Å². The van der Waals surface area contributed by atoms with Crippen LogP contribution in [0, 0.1) is 6.92 Å². The number of carbonyl (C=O) groups is 2. The zero-order chi connectivity index (χ0) is 31.1. The molecule has 226 valence electrons. The van der Waals surface area contributed by atoms with E-state index in [4.69, 9.17) is 9.47 Å². The molecule has 4 aromatic carbocycles. The first kappa shape index (κ1) is 30.6. The smallest absolute Gasteiger partial charge is 0.295 e. The van der Waals surface area contributed by atoms with Crippen molar-refractivity contribution in [1.29, 1.82) is 0 Å². The summed E-state index contributed by atoms with van der Waals surface area (Å²) in [6.45, 7) is 8.97. The monoisotopic (exact) mass is 590 g/mol. The van der Waals surface area contributed by atoms with Gasteiger partial charge in [-0.15, -0.1) is 0 Å². The van der Waals surface area contributed by atoms with Crippen LogP contribution in [0.4, 0.5) is 0 Å². The number of aliphatic hydroxyl groups is 1. The van der Waals surface area contributed by atoms with Crippen LogP contribution < -0.4 is 9.47 Å². The van der Waals surface area contributed by atoms with Gasteiger partial charge >= 0.3 is 0 Å². The maximum atomic E-state index is 13.6. The quantitative estimate of drug-likeness (QED) is 0.107. The molecule has 1 heterocycles. The fourth-order valence-corrected chi connectivity index (χ4v) is 5.50. The minimum atomic E-state index is -0.779. The van der Waals surface area contributed by atoms with Gasteiger partial charge in [0.1, 0.15) is 29.6 Å². The third-order valence-electron chi connectivity index (χ3n) is 7.95. The minimum absolute atomic E-state index is 0.0625. The standard InChI is InChI=1S/C37H38N2O5/c1-4-38(5-2)21-22-39-34(28-15-12-18-31(24-28)44-29-16-10-7-11-17-29)33(36(41)37(39)42)35(40)32-20-19-30(23-26(32)3)43-25-27-13-8-6-9-14-27/h6-20,23-24,34,40H,4-5,21-22,25H2,1-3H3/b35-33+/t34-/m1/s1. The van der Waals surface area contributed by atoms with Crippen molar-refractivity contribution in [3.8, 4) is 17.2 Å². The molecule has 0 unspecified atom stereocenters. The van der Waals surface area contributed by atoms with E-state index in [0.717, 1.165) is 24.2 Å². The number of Topliss-reactive ketones (excluding diaryl/α,β-unsaturated/α-hetero) is 1. The number of likely N-dealkylation sites (tertiary alicyclic amines) is 1. The first-order chi connectivity index (χ1) is 21.4. The van der Waals surface area contributed by atoms with Crippen molar-refractivity contribution >= 4 is 17.4 Å². The van der Waals surface area contributed by atoms with Crippen LogP contribution in [0.15, 0.2) is 109 Å². The first-order valence-corrected chi connectivity index (χ1v) is 15.0. The molecule has 1 N–H and O–H groups in total. The topological polar surface area (TPSA) is 79.3 Å². The Balaban J connectivity index is 1.51. The summed E-state index contributed by atoms with van der Waals surface area (Å²) >= 11 is 0. The summed E-state index contributed by atoms with van der Waals surface area (Å²) in [5.74, 6) is 0.346. The normalized spacial score (nSPS) is 16.0. The predicted octanol–water partition coefficient (Wildman–Crippen LogP) is 7.13. The Labute approximate surface area is 259 Å². The lowest BCUT2D eigenvalue weighted by Gasteiger charge is -2.28. The second-order valence-electron chi connectivity index (χ2n) is 10.8. The highest BCUT2D eigenvalue weighted by Crippen LogP contribution is 2.41. The second kappa shape index (κ2) is 14.1. The van der Waals surface area contributed by atoms with Gasteiger partial charge in [-0.2, -0.15) is 0 Å². The summed E-state index contributed by atoms with van der Waals surface area (Å²) in [4.78, 5) is 30.9. The van der Waals surface area contributed by atoms with E-state index in [0.29, 0.717) is 48.1 Å². The largest absolute Gasteiger partial charge is 0.507 e. The maximum Gasteiger partial charge on any atom is 0.295 e. The van der Waals surface area contributed by atoms with Crippen molar-refractivity contribution in [3.05, 3.63) is 131 Å². The van der Waals surface area contributed by atoms with Crippen molar-refractivity contribution in [3.63, 3.8) is 0 Å². The third kappa shape index (κ3) is 6.84. The van der Waals surface area contributed by atoms with E-state index < -0.39 is 17.7 Å². The van der Waals surface area contributed by atoms with Crippen LogP contribution in [0.1, 0.15) is 42.1 Å². The molecule has 7 nitrogen and oxygen atoms in total. The number of aliphatic hydroxyl groups excluding tert-OH is 1. The van der Waals surface area contributed by atoms with Gasteiger partial charge in [-0.1, -0.05) is 74.5 Å². The molecule has 1 fully saturated rings. The molecule has 0 bridgehead atoms. The molecule has 1 atom stereocenters. The molecule has 1 saturated heterocycles. The van der Waals surface area contributed by atoms with E-state index in [1.807, 2.05) is 97.9 Å². The zero-order valence-electron chi connectivity index (χ0n) is 25.4. The lowest BCUT2D eigenvalue weighted by molar-refractivity contribution is -0.140. The molecule has 5 rings (SSSR count). The van der Waals surface area contributed by atoms with Crippen LogP contribution in [0.2, 0.25) is 0 Å². The summed E-state index contributed by atoms with van der Waals surface area (Å²) in [5, 5.41) is 11.7. The number of rotatable bonds is 12. The van der Waals surface area contributed by atoms with Crippen LogP contribution in [-0.4, -0.2) is 52.8 Å².